The maximum Gasteiger partial charge on any atom is 0.348 e. The third-order valence-corrected chi connectivity index (χ3v) is 9.97. The van der Waals surface area contributed by atoms with Crippen LogP contribution in [0.25, 0.3) is 11.1 Å². The molecule has 47 heavy (non-hydrogen) atoms. The molecule has 4 aromatic carbocycles. The van der Waals surface area contributed by atoms with Gasteiger partial charge in [0.1, 0.15) is 21.3 Å². The van der Waals surface area contributed by atoms with E-state index in [2.05, 4.69) is 72.8 Å². The van der Waals surface area contributed by atoms with Gasteiger partial charge in [0.15, 0.2) is 10.1 Å². The molecule has 0 amide bonds. The zero-order valence-corrected chi connectivity index (χ0v) is 27.4. The lowest BCUT2D eigenvalue weighted by molar-refractivity contribution is 0.0522. The van der Waals surface area contributed by atoms with Gasteiger partial charge < -0.3 is 18.9 Å². The topological polar surface area (TPSA) is 71.1 Å². The number of hydrogen-bond acceptors (Lipinski definition) is 8. The number of carbonyl (C=O) groups is 2. The van der Waals surface area contributed by atoms with Gasteiger partial charge in [-0.1, -0.05) is 95.5 Å². The van der Waals surface area contributed by atoms with Crippen LogP contribution in [0.15, 0.2) is 121 Å². The van der Waals surface area contributed by atoms with E-state index in [4.69, 9.17) is 18.9 Å². The zero-order chi connectivity index (χ0) is 32.4. The van der Waals surface area contributed by atoms with Crippen molar-refractivity contribution in [1.29, 1.82) is 0 Å². The maximum atomic E-state index is 12.1. The molecule has 0 radical (unpaired) electrons. The summed E-state index contributed by atoms with van der Waals surface area (Å²) in [6, 6.07) is 40.5. The molecule has 2 aromatic heterocycles. The average Bonchev–Trinajstić information content (AvgIpc) is 3.84. The molecule has 0 saturated heterocycles. The van der Waals surface area contributed by atoms with Crippen molar-refractivity contribution in [1.82, 2.24) is 0 Å². The van der Waals surface area contributed by atoms with Crippen molar-refractivity contribution >= 4 is 34.6 Å². The molecule has 0 spiro atoms. The Hall–Kier alpha value is -5.18. The molecule has 6 aromatic rings. The van der Waals surface area contributed by atoms with Crippen LogP contribution in [0.2, 0.25) is 0 Å². The first-order valence-corrected chi connectivity index (χ1v) is 16.9. The van der Waals surface area contributed by atoms with Crippen LogP contribution < -0.4 is 9.47 Å². The molecule has 2 heterocycles. The predicted molar refractivity (Wildman–Crippen MR) is 184 cm³/mol. The van der Waals surface area contributed by atoms with Gasteiger partial charge in [0, 0.05) is 0 Å². The third kappa shape index (κ3) is 5.60. The lowest BCUT2D eigenvalue weighted by Crippen LogP contribution is -2.28. The van der Waals surface area contributed by atoms with Crippen molar-refractivity contribution in [2.45, 2.75) is 19.3 Å². The van der Waals surface area contributed by atoms with E-state index in [-0.39, 0.29) is 11.9 Å². The van der Waals surface area contributed by atoms with Gasteiger partial charge >= 0.3 is 11.9 Å². The highest BCUT2D eigenvalue weighted by atomic mass is 32.1. The molecule has 234 valence electrons. The number of carbonyl (C=O) groups excluding carboxylic acids is 2. The zero-order valence-electron chi connectivity index (χ0n) is 25.7. The Bertz CT molecular complexity index is 1910. The first kappa shape index (κ1) is 30.5. The number of benzene rings is 4. The highest BCUT2D eigenvalue weighted by Gasteiger charge is 2.45. The summed E-state index contributed by atoms with van der Waals surface area (Å²) in [4.78, 5) is 25.3. The van der Waals surface area contributed by atoms with E-state index in [9.17, 15) is 9.59 Å². The summed E-state index contributed by atoms with van der Waals surface area (Å²) in [5.41, 5.74) is 6.36. The molecule has 1 aliphatic rings. The van der Waals surface area contributed by atoms with E-state index in [0.717, 1.165) is 11.1 Å². The number of ether oxygens (including phenoxy) is 4. The summed E-state index contributed by atoms with van der Waals surface area (Å²) in [6.45, 7) is 4.22. The third-order valence-electron chi connectivity index (χ3n) is 8.08. The maximum absolute atomic E-state index is 12.1. The standard InChI is InChI=1S/C39H30O6S2/c1-3-42-37(40)33-21-23-35(46-33)44-27-17-13-25(14-18-27)39(31-11-7-5-9-29(31)30-10-6-8-12-32(30)39)26-15-19-28(20-16-26)45-36-24-22-34(47-36)38(41)43-4-2/h5-24H,3-4H2,1-2H3. The van der Waals surface area contributed by atoms with Crippen molar-refractivity contribution < 1.29 is 28.5 Å². The van der Waals surface area contributed by atoms with Crippen LogP contribution in [0.4, 0.5) is 0 Å². The smallest absolute Gasteiger partial charge is 0.348 e. The molecular formula is C39H30O6S2. The molecule has 0 fully saturated rings. The van der Waals surface area contributed by atoms with Gasteiger partial charge in [0.2, 0.25) is 0 Å². The van der Waals surface area contributed by atoms with Crippen LogP contribution in [0.3, 0.4) is 0 Å². The lowest BCUT2D eigenvalue weighted by atomic mass is 9.68. The van der Waals surface area contributed by atoms with E-state index in [1.807, 2.05) is 24.3 Å². The second kappa shape index (κ2) is 12.9. The molecule has 0 bridgehead atoms. The van der Waals surface area contributed by atoms with Crippen LogP contribution in [0, 0.1) is 0 Å². The van der Waals surface area contributed by atoms with Gasteiger partial charge in [-0.25, -0.2) is 9.59 Å². The van der Waals surface area contributed by atoms with Crippen LogP contribution in [-0.4, -0.2) is 25.2 Å². The Morgan fingerprint density at radius 2 is 0.936 bits per heavy atom. The molecule has 0 unspecified atom stereocenters. The SMILES string of the molecule is CCOC(=O)c1ccc(Oc2ccc(C3(c4ccc(Oc5ccc(C(=O)OCC)s5)cc4)c4ccccc4-c4ccccc43)cc2)s1. The quantitative estimate of drug-likeness (QED) is 0.136. The number of hydrogen-bond donors (Lipinski definition) is 0. The van der Waals surface area contributed by atoms with Gasteiger partial charge in [0.25, 0.3) is 0 Å². The normalized spacial score (nSPS) is 12.6. The van der Waals surface area contributed by atoms with Crippen molar-refractivity contribution in [3.63, 3.8) is 0 Å². The van der Waals surface area contributed by atoms with Crippen LogP contribution in [-0.2, 0) is 14.9 Å². The molecule has 1 aliphatic carbocycles. The summed E-state index contributed by atoms with van der Waals surface area (Å²) >= 11 is 2.52. The highest BCUT2D eigenvalue weighted by molar-refractivity contribution is 7.16. The summed E-state index contributed by atoms with van der Waals surface area (Å²) in [7, 11) is 0. The number of thiophene rings is 2. The summed E-state index contributed by atoms with van der Waals surface area (Å²) in [6.07, 6.45) is 0. The van der Waals surface area contributed by atoms with Gasteiger partial charge in [-0.15, -0.1) is 0 Å². The minimum atomic E-state index is -0.593. The number of fused-ring (bicyclic) bond motifs is 3. The summed E-state index contributed by atoms with van der Waals surface area (Å²) in [5, 5.41) is 1.23. The first-order chi connectivity index (χ1) is 23.0. The largest absolute Gasteiger partial charge is 0.462 e. The van der Waals surface area contributed by atoms with E-state index in [1.165, 1.54) is 44.9 Å². The Balaban J connectivity index is 1.25. The summed E-state index contributed by atoms with van der Waals surface area (Å²) in [5.74, 6) is 0.637. The van der Waals surface area contributed by atoms with Gasteiger partial charge in [-0.2, -0.15) is 0 Å². The van der Waals surface area contributed by atoms with E-state index < -0.39 is 5.41 Å². The monoisotopic (exact) mass is 658 g/mol. The first-order valence-electron chi connectivity index (χ1n) is 15.3. The van der Waals surface area contributed by atoms with Gasteiger partial charge in [-0.05, 0) is 95.8 Å². The lowest BCUT2D eigenvalue weighted by Gasteiger charge is -2.34. The van der Waals surface area contributed by atoms with Gasteiger partial charge in [-0.3, -0.25) is 0 Å². The fraction of sp³-hybridized carbons (Fsp3) is 0.128. The minimum Gasteiger partial charge on any atom is -0.462 e. The molecule has 7 rings (SSSR count). The fourth-order valence-electron chi connectivity index (χ4n) is 6.18. The molecule has 0 atom stereocenters. The van der Waals surface area contributed by atoms with Crippen LogP contribution in [0.1, 0.15) is 55.4 Å². The Labute approximate surface area is 280 Å². The van der Waals surface area contributed by atoms with Crippen molar-refractivity contribution in [3.8, 4) is 32.8 Å². The predicted octanol–water partition coefficient (Wildman–Crippen LogP) is 10.1. The molecule has 0 aliphatic heterocycles. The van der Waals surface area contributed by atoms with E-state index in [1.54, 1.807) is 38.1 Å². The Kier molecular flexibility index (Phi) is 8.37. The highest BCUT2D eigenvalue weighted by Crippen LogP contribution is 2.56. The Morgan fingerprint density at radius 3 is 1.34 bits per heavy atom. The number of esters is 2. The second-order valence-electron chi connectivity index (χ2n) is 10.8. The molecule has 6 nitrogen and oxygen atoms in total. The molecule has 0 N–H and O–H groups in total. The van der Waals surface area contributed by atoms with Crippen LogP contribution >= 0.6 is 22.7 Å². The summed E-state index contributed by atoms with van der Waals surface area (Å²) < 4.78 is 22.5. The van der Waals surface area contributed by atoms with Crippen molar-refractivity contribution in [3.05, 3.63) is 153 Å². The van der Waals surface area contributed by atoms with Crippen molar-refractivity contribution in [2.24, 2.45) is 0 Å². The average molecular weight is 659 g/mol. The Morgan fingerprint density at radius 1 is 0.532 bits per heavy atom. The van der Waals surface area contributed by atoms with Crippen molar-refractivity contribution in [2.75, 3.05) is 13.2 Å². The minimum absolute atomic E-state index is 0.324. The van der Waals surface area contributed by atoms with E-state index in [0.29, 0.717) is 44.6 Å². The molecule has 0 saturated carbocycles. The molecule has 8 heteroatoms. The second-order valence-corrected chi connectivity index (χ2v) is 12.9. The van der Waals surface area contributed by atoms with Crippen LogP contribution in [0.5, 0.6) is 21.6 Å². The fourth-order valence-corrected chi connectivity index (χ4v) is 7.71. The molecular weight excluding hydrogens is 629 g/mol. The van der Waals surface area contributed by atoms with E-state index >= 15 is 0 Å². The van der Waals surface area contributed by atoms with Gasteiger partial charge in [0.05, 0.1) is 18.6 Å². The number of rotatable bonds is 10.